The van der Waals surface area contributed by atoms with Gasteiger partial charge in [0.2, 0.25) is 0 Å². The first-order chi connectivity index (χ1) is 6.56. The summed E-state index contributed by atoms with van der Waals surface area (Å²) in [7, 11) is 2.04. The van der Waals surface area contributed by atoms with Crippen molar-refractivity contribution in [1.29, 1.82) is 0 Å². The van der Waals surface area contributed by atoms with Gasteiger partial charge in [-0.25, -0.2) is 0 Å². The fraction of sp³-hybridized carbons (Fsp3) is 0.455. The van der Waals surface area contributed by atoms with E-state index in [9.17, 15) is 0 Å². The molecular formula is C11H17ClN2. The summed E-state index contributed by atoms with van der Waals surface area (Å²) in [4.78, 5) is 2.14. The van der Waals surface area contributed by atoms with E-state index in [0.29, 0.717) is 12.6 Å². The lowest BCUT2D eigenvalue weighted by Crippen LogP contribution is -2.25. The molecule has 1 aromatic rings. The van der Waals surface area contributed by atoms with E-state index in [4.69, 9.17) is 17.3 Å². The van der Waals surface area contributed by atoms with Gasteiger partial charge in [0.05, 0.1) is 10.7 Å². The van der Waals surface area contributed by atoms with E-state index in [1.54, 1.807) is 0 Å². The minimum Gasteiger partial charge on any atom is -0.371 e. The Hall–Kier alpha value is -0.730. The summed E-state index contributed by atoms with van der Waals surface area (Å²) in [6, 6.07) is 6.40. The van der Waals surface area contributed by atoms with Gasteiger partial charge in [-0.2, -0.15) is 0 Å². The summed E-state index contributed by atoms with van der Waals surface area (Å²) >= 11 is 6.15. The fourth-order valence-corrected chi connectivity index (χ4v) is 1.58. The average Bonchev–Trinajstić information content (AvgIpc) is 2.16. The van der Waals surface area contributed by atoms with Crippen LogP contribution < -0.4 is 10.6 Å². The molecule has 0 saturated heterocycles. The van der Waals surface area contributed by atoms with Crippen LogP contribution in [0.3, 0.4) is 0 Å². The molecule has 0 aliphatic rings. The van der Waals surface area contributed by atoms with E-state index in [0.717, 1.165) is 16.3 Å². The Morgan fingerprint density at radius 1 is 1.43 bits per heavy atom. The minimum absolute atomic E-state index is 0.441. The molecule has 0 atom stereocenters. The molecule has 0 saturated carbocycles. The van der Waals surface area contributed by atoms with Crippen LogP contribution in [0.2, 0.25) is 5.02 Å². The van der Waals surface area contributed by atoms with Gasteiger partial charge in [-0.1, -0.05) is 17.7 Å². The van der Waals surface area contributed by atoms with Crippen molar-refractivity contribution in [1.82, 2.24) is 0 Å². The van der Waals surface area contributed by atoms with E-state index in [-0.39, 0.29) is 0 Å². The zero-order chi connectivity index (χ0) is 10.7. The van der Waals surface area contributed by atoms with E-state index in [2.05, 4.69) is 18.7 Å². The molecule has 0 spiro atoms. The molecule has 0 bridgehead atoms. The van der Waals surface area contributed by atoms with Gasteiger partial charge >= 0.3 is 0 Å². The summed E-state index contributed by atoms with van der Waals surface area (Å²) in [6.07, 6.45) is 0. The van der Waals surface area contributed by atoms with Crippen molar-refractivity contribution in [3.8, 4) is 0 Å². The first kappa shape index (κ1) is 11.3. The number of hydrogen-bond donors (Lipinski definition) is 1. The summed E-state index contributed by atoms with van der Waals surface area (Å²) < 4.78 is 0. The molecule has 0 aromatic heterocycles. The number of rotatable bonds is 3. The van der Waals surface area contributed by atoms with Gasteiger partial charge in [-0.15, -0.1) is 0 Å². The molecule has 2 nitrogen and oxygen atoms in total. The molecule has 0 aliphatic carbocycles. The fourth-order valence-electron chi connectivity index (χ4n) is 1.24. The third-order valence-electron chi connectivity index (χ3n) is 2.40. The van der Waals surface area contributed by atoms with Crippen LogP contribution in [-0.4, -0.2) is 13.1 Å². The Labute approximate surface area is 90.7 Å². The number of nitrogens with two attached hydrogens (primary N) is 1. The molecular weight excluding hydrogens is 196 g/mol. The molecule has 0 unspecified atom stereocenters. The van der Waals surface area contributed by atoms with Gasteiger partial charge in [0.1, 0.15) is 0 Å². The normalized spacial score (nSPS) is 10.7. The Balaban J connectivity index is 2.99. The third kappa shape index (κ3) is 2.40. The zero-order valence-electron chi connectivity index (χ0n) is 8.92. The van der Waals surface area contributed by atoms with Crippen LogP contribution in [0.15, 0.2) is 18.2 Å². The molecule has 3 heteroatoms. The van der Waals surface area contributed by atoms with Crippen molar-refractivity contribution in [2.24, 2.45) is 5.73 Å². The Bertz CT molecular complexity index is 310. The van der Waals surface area contributed by atoms with Crippen LogP contribution in [0, 0.1) is 0 Å². The highest BCUT2D eigenvalue weighted by Crippen LogP contribution is 2.27. The molecule has 78 valence electrons. The van der Waals surface area contributed by atoms with Crippen molar-refractivity contribution >= 4 is 17.3 Å². The van der Waals surface area contributed by atoms with Gasteiger partial charge in [0.15, 0.2) is 0 Å². The lowest BCUT2D eigenvalue weighted by atomic mass is 10.2. The van der Waals surface area contributed by atoms with Gasteiger partial charge in [-0.3, -0.25) is 0 Å². The highest BCUT2D eigenvalue weighted by Gasteiger charge is 2.08. The van der Waals surface area contributed by atoms with E-state index >= 15 is 0 Å². The third-order valence-corrected chi connectivity index (χ3v) is 2.71. The second-order valence-electron chi connectivity index (χ2n) is 3.69. The van der Waals surface area contributed by atoms with Crippen molar-refractivity contribution in [3.05, 3.63) is 28.8 Å². The van der Waals surface area contributed by atoms with Gasteiger partial charge < -0.3 is 10.6 Å². The Kier molecular flexibility index (Phi) is 3.78. The number of nitrogens with zero attached hydrogens (tertiary/aromatic N) is 1. The summed E-state index contributed by atoms with van der Waals surface area (Å²) in [6.45, 7) is 4.80. The second kappa shape index (κ2) is 4.67. The maximum absolute atomic E-state index is 6.15. The van der Waals surface area contributed by atoms with Gasteiger partial charge in [0.25, 0.3) is 0 Å². The molecule has 0 heterocycles. The standard InChI is InChI=1S/C11H17ClN2/c1-8(2)14(3)11-5-4-9(7-13)6-10(11)12/h4-6,8H,7,13H2,1-3H3. The molecule has 1 aromatic carbocycles. The topological polar surface area (TPSA) is 29.3 Å². The van der Waals surface area contributed by atoms with Crippen LogP contribution in [0.4, 0.5) is 5.69 Å². The maximum atomic E-state index is 6.15. The van der Waals surface area contributed by atoms with Gasteiger partial charge in [0, 0.05) is 19.6 Å². The number of halogens is 1. The molecule has 0 amide bonds. The SMILES string of the molecule is CC(C)N(C)c1ccc(CN)cc1Cl. The highest BCUT2D eigenvalue weighted by molar-refractivity contribution is 6.33. The molecule has 0 aliphatic heterocycles. The number of anilines is 1. The summed E-state index contributed by atoms with van der Waals surface area (Å²) in [5.74, 6) is 0. The van der Waals surface area contributed by atoms with Crippen molar-refractivity contribution in [2.45, 2.75) is 26.4 Å². The number of hydrogen-bond acceptors (Lipinski definition) is 2. The van der Waals surface area contributed by atoms with Gasteiger partial charge in [-0.05, 0) is 31.5 Å². The van der Waals surface area contributed by atoms with E-state index in [1.807, 2.05) is 25.2 Å². The Morgan fingerprint density at radius 3 is 2.50 bits per heavy atom. The smallest absolute Gasteiger partial charge is 0.0642 e. The molecule has 0 radical (unpaired) electrons. The lowest BCUT2D eigenvalue weighted by molar-refractivity contribution is 0.754. The average molecular weight is 213 g/mol. The lowest BCUT2D eigenvalue weighted by Gasteiger charge is -2.25. The molecule has 0 fully saturated rings. The van der Waals surface area contributed by atoms with Crippen LogP contribution >= 0.6 is 11.6 Å². The zero-order valence-corrected chi connectivity index (χ0v) is 9.67. The summed E-state index contributed by atoms with van der Waals surface area (Å²) in [5, 5.41) is 0.768. The second-order valence-corrected chi connectivity index (χ2v) is 4.10. The predicted octanol–water partition coefficient (Wildman–Crippen LogP) is 2.64. The predicted molar refractivity (Wildman–Crippen MR) is 62.9 cm³/mol. The van der Waals surface area contributed by atoms with Crippen molar-refractivity contribution in [3.63, 3.8) is 0 Å². The summed E-state index contributed by atoms with van der Waals surface area (Å²) in [5.41, 5.74) is 7.65. The van der Waals surface area contributed by atoms with E-state index in [1.165, 1.54) is 0 Å². The molecule has 14 heavy (non-hydrogen) atoms. The first-order valence-corrected chi connectivity index (χ1v) is 5.15. The first-order valence-electron chi connectivity index (χ1n) is 4.77. The van der Waals surface area contributed by atoms with Crippen LogP contribution in [0.25, 0.3) is 0 Å². The van der Waals surface area contributed by atoms with Crippen molar-refractivity contribution < 1.29 is 0 Å². The van der Waals surface area contributed by atoms with Crippen LogP contribution in [0.1, 0.15) is 19.4 Å². The van der Waals surface area contributed by atoms with Crippen LogP contribution in [-0.2, 0) is 6.54 Å². The van der Waals surface area contributed by atoms with Crippen molar-refractivity contribution in [2.75, 3.05) is 11.9 Å². The maximum Gasteiger partial charge on any atom is 0.0642 e. The minimum atomic E-state index is 0.441. The van der Waals surface area contributed by atoms with Crippen LogP contribution in [0.5, 0.6) is 0 Å². The molecule has 2 N–H and O–H groups in total. The quantitative estimate of drug-likeness (QED) is 0.835. The Morgan fingerprint density at radius 2 is 2.07 bits per heavy atom. The monoisotopic (exact) mass is 212 g/mol. The highest BCUT2D eigenvalue weighted by atomic mass is 35.5. The molecule has 1 rings (SSSR count). The largest absolute Gasteiger partial charge is 0.371 e. The number of benzene rings is 1. The van der Waals surface area contributed by atoms with E-state index < -0.39 is 0 Å².